The standard InChI is InChI=1S/C16H19N3O2S/c20-16(17-6-9-19-7-1-2-8-19)14-12-3-4-13-11(5-10-22-13)15(12)21-18-14/h5,10H,1-4,6-9H2,(H,17,20). The average Bonchev–Trinajstić information content (AvgIpc) is 3.25. The van der Waals surface area contributed by atoms with E-state index >= 15 is 0 Å². The maximum absolute atomic E-state index is 12.4. The molecule has 0 unspecified atom stereocenters. The molecule has 0 spiro atoms. The van der Waals surface area contributed by atoms with E-state index in [0.717, 1.165) is 49.4 Å². The minimum atomic E-state index is -0.108. The molecule has 3 heterocycles. The highest BCUT2D eigenvalue weighted by Crippen LogP contribution is 2.37. The lowest BCUT2D eigenvalue weighted by molar-refractivity contribution is 0.0940. The quantitative estimate of drug-likeness (QED) is 0.940. The maximum atomic E-state index is 12.4. The Morgan fingerprint density at radius 2 is 2.23 bits per heavy atom. The van der Waals surface area contributed by atoms with E-state index in [1.54, 1.807) is 11.3 Å². The molecule has 0 atom stereocenters. The first kappa shape index (κ1) is 14.0. The van der Waals surface area contributed by atoms with Gasteiger partial charge in [-0.1, -0.05) is 5.16 Å². The topological polar surface area (TPSA) is 58.4 Å². The zero-order chi connectivity index (χ0) is 14.9. The molecule has 5 nitrogen and oxygen atoms in total. The van der Waals surface area contributed by atoms with Gasteiger partial charge in [-0.05, 0) is 50.2 Å². The maximum Gasteiger partial charge on any atom is 0.273 e. The second kappa shape index (κ2) is 5.85. The van der Waals surface area contributed by atoms with Gasteiger partial charge in [0.1, 0.15) is 0 Å². The molecule has 0 saturated carbocycles. The van der Waals surface area contributed by atoms with Crippen LogP contribution in [0.4, 0.5) is 0 Å². The molecular weight excluding hydrogens is 298 g/mol. The van der Waals surface area contributed by atoms with Crippen molar-refractivity contribution >= 4 is 17.2 Å². The van der Waals surface area contributed by atoms with Gasteiger partial charge in [0.25, 0.3) is 5.91 Å². The van der Waals surface area contributed by atoms with E-state index in [-0.39, 0.29) is 5.91 Å². The number of rotatable bonds is 4. The summed E-state index contributed by atoms with van der Waals surface area (Å²) in [5.74, 6) is 0.676. The summed E-state index contributed by atoms with van der Waals surface area (Å²) in [6, 6.07) is 2.05. The fourth-order valence-electron chi connectivity index (χ4n) is 3.32. The van der Waals surface area contributed by atoms with Gasteiger partial charge in [-0.15, -0.1) is 11.3 Å². The van der Waals surface area contributed by atoms with Crippen molar-refractivity contribution in [3.8, 4) is 11.3 Å². The number of amides is 1. The third kappa shape index (κ3) is 2.46. The van der Waals surface area contributed by atoms with Crippen molar-refractivity contribution in [2.45, 2.75) is 25.7 Å². The molecule has 116 valence electrons. The fourth-order valence-corrected chi connectivity index (χ4v) is 4.20. The molecule has 1 aliphatic heterocycles. The molecule has 2 aliphatic rings. The number of aromatic nitrogens is 1. The van der Waals surface area contributed by atoms with E-state index in [2.05, 4.69) is 26.8 Å². The number of fused-ring (bicyclic) bond motifs is 3. The Morgan fingerprint density at radius 1 is 1.36 bits per heavy atom. The van der Waals surface area contributed by atoms with Crippen molar-refractivity contribution in [2.24, 2.45) is 0 Å². The number of likely N-dealkylation sites (tertiary alicyclic amines) is 1. The molecule has 0 bridgehead atoms. The molecule has 2 aromatic heterocycles. The van der Waals surface area contributed by atoms with Crippen LogP contribution in [0.1, 0.15) is 33.8 Å². The zero-order valence-corrected chi connectivity index (χ0v) is 13.2. The van der Waals surface area contributed by atoms with Gasteiger partial charge in [0.15, 0.2) is 11.5 Å². The molecule has 6 heteroatoms. The Morgan fingerprint density at radius 3 is 3.09 bits per heavy atom. The largest absolute Gasteiger partial charge is 0.355 e. The van der Waals surface area contributed by atoms with Gasteiger partial charge in [-0.25, -0.2) is 0 Å². The lowest BCUT2D eigenvalue weighted by atomic mass is 9.95. The first-order chi connectivity index (χ1) is 10.8. The van der Waals surface area contributed by atoms with E-state index in [0.29, 0.717) is 12.2 Å². The predicted octanol–water partition coefficient (Wildman–Crippen LogP) is 2.33. The van der Waals surface area contributed by atoms with Gasteiger partial charge in [-0.3, -0.25) is 4.79 Å². The fraction of sp³-hybridized carbons (Fsp3) is 0.500. The summed E-state index contributed by atoms with van der Waals surface area (Å²) in [6.07, 6.45) is 4.35. The van der Waals surface area contributed by atoms with E-state index in [1.807, 2.05) is 0 Å². The second-order valence-corrected chi connectivity index (χ2v) is 6.90. The highest BCUT2D eigenvalue weighted by molar-refractivity contribution is 7.10. The van der Waals surface area contributed by atoms with Crippen LogP contribution in [0.3, 0.4) is 0 Å². The molecule has 1 amide bonds. The van der Waals surface area contributed by atoms with Crippen LogP contribution in [0.15, 0.2) is 16.0 Å². The average molecular weight is 317 g/mol. The molecule has 22 heavy (non-hydrogen) atoms. The summed E-state index contributed by atoms with van der Waals surface area (Å²) in [7, 11) is 0. The van der Waals surface area contributed by atoms with Gasteiger partial charge >= 0.3 is 0 Å². The monoisotopic (exact) mass is 317 g/mol. The van der Waals surface area contributed by atoms with Crippen LogP contribution in [0.5, 0.6) is 0 Å². The molecule has 0 aromatic carbocycles. The van der Waals surface area contributed by atoms with Crippen LogP contribution in [-0.2, 0) is 12.8 Å². The minimum absolute atomic E-state index is 0.108. The van der Waals surface area contributed by atoms with E-state index in [4.69, 9.17) is 4.52 Å². The molecule has 1 fully saturated rings. The number of hydrogen-bond donors (Lipinski definition) is 1. The zero-order valence-electron chi connectivity index (χ0n) is 12.4. The van der Waals surface area contributed by atoms with Crippen molar-refractivity contribution in [3.05, 3.63) is 27.6 Å². The van der Waals surface area contributed by atoms with Crippen molar-refractivity contribution in [3.63, 3.8) is 0 Å². The van der Waals surface area contributed by atoms with Crippen molar-refractivity contribution in [1.29, 1.82) is 0 Å². The highest BCUT2D eigenvalue weighted by atomic mass is 32.1. The van der Waals surface area contributed by atoms with Gasteiger partial charge in [-0.2, -0.15) is 0 Å². The number of thiophene rings is 1. The third-order valence-electron chi connectivity index (χ3n) is 4.51. The molecule has 1 saturated heterocycles. The normalized spacial score (nSPS) is 17.3. The van der Waals surface area contributed by atoms with Crippen LogP contribution in [-0.4, -0.2) is 42.1 Å². The SMILES string of the molecule is O=C(NCCN1CCCC1)c1noc2c1CCc1sccc1-2. The van der Waals surface area contributed by atoms with Crippen LogP contribution in [0.2, 0.25) is 0 Å². The predicted molar refractivity (Wildman–Crippen MR) is 85.2 cm³/mol. The van der Waals surface area contributed by atoms with Gasteiger partial charge in [0.2, 0.25) is 0 Å². The summed E-state index contributed by atoms with van der Waals surface area (Å²) >= 11 is 1.74. The Bertz CT molecular complexity index is 685. The number of nitrogens with zero attached hydrogens (tertiary/aromatic N) is 2. The molecule has 4 rings (SSSR count). The Balaban J connectivity index is 1.44. The Kier molecular flexibility index (Phi) is 3.72. The van der Waals surface area contributed by atoms with Crippen molar-refractivity contribution in [2.75, 3.05) is 26.2 Å². The van der Waals surface area contributed by atoms with Gasteiger partial charge in [0, 0.05) is 29.1 Å². The summed E-state index contributed by atoms with van der Waals surface area (Å²) in [5.41, 5.74) is 2.53. The highest BCUT2D eigenvalue weighted by Gasteiger charge is 2.28. The lowest BCUT2D eigenvalue weighted by Gasteiger charge is -2.14. The van der Waals surface area contributed by atoms with Crippen LogP contribution in [0.25, 0.3) is 11.3 Å². The molecule has 1 N–H and O–H groups in total. The summed E-state index contributed by atoms with van der Waals surface area (Å²) in [5, 5.41) is 9.08. The molecular formula is C16H19N3O2S. The number of nitrogens with one attached hydrogen (secondary N) is 1. The van der Waals surface area contributed by atoms with E-state index in [9.17, 15) is 4.79 Å². The number of carbonyl (C=O) groups excluding carboxylic acids is 1. The number of aryl methyl sites for hydroxylation is 1. The van der Waals surface area contributed by atoms with Gasteiger partial charge in [0.05, 0.1) is 0 Å². The first-order valence-corrected chi connectivity index (χ1v) is 8.77. The smallest absolute Gasteiger partial charge is 0.273 e. The number of carbonyl (C=O) groups is 1. The van der Waals surface area contributed by atoms with E-state index < -0.39 is 0 Å². The van der Waals surface area contributed by atoms with Crippen LogP contribution >= 0.6 is 11.3 Å². The second-order valence-electron chi connectivity index (χ2n) is 5.90. The number of hydrogen-bond acceptors (Lipinski definition) is 5. The van der Waals surface area contributed by atoms with Gasteiger partial charge < -0.3 is 14.7 Å². The minimum Gasteiger partial charge on any atom is -0.355 e. The third-order valence-corrected chi connectivity index (χ3v) is 5.49. The van der Waals surface area contributed by atoms with Crippen LogP contribution in [0, 0.1) is 0 Å². The van der Waals surface area contributed by atoms with Crippen molar-refractivity contribution < 1.29 is 9.32 Å². The van der Waals surface area contributed by atoms with Crippen molar-refractivity contribution in [1.82, 2.24) is 15.4 Å². The molecule has 0 radical (unpaired) electrons. The molecule has 2 aromatic rings. The Hall–Kier alpha value is -1.66. The van der Waals surface area contributed by atoms with Crippen LogP contribution < -0.4 is 5.32 Å². The summed E-state index contributed by atoms with van der Waals surface area (Å²) in [6.45, 7) is 3.89. The summed E-state index contributed by atoms with van der Waals surface area (Å²) < 4.78 is 5.46. The Labute approximate surface area is 133 Å². The molecule has 1 aliphatic carbocycles. The first-order valence-electron chi connectivity index (χ1n) is 7.89. The summed E-state index contributed by atoms with van der Waals surface area (Å²) in [4.78, 5) is 16.1. The lowest BCUT2D eigenvalue weighted by Crippen LogP contribution is -2.34. The van der Waals surface area contributed by atoms with E-state index in [1.165, 1.54) is 17.7 Å².